The Morgan fingerprint density at radius 3 is 1.80 bits per heavy atom. The van der Waals surface area contributed by atoms with Gasteiger partial charge in [0.15, 0.2) is 49.1 Å². The second kappa shape index (κ2) is 30.7. The van der Waals surface area contributed by atoms with Crippen molar-refractivity contribution in [1.82, 2.24) is 0 Å². The van der Waals surface area contributed by atoms with E-state index in [2.05, 4.69) is 0 Å². The summed E-state index contributed by atoms with van der Waals surface area (Å²) in [5, 5.41) is 108. The number of esters is 1. The summed E-state index contributed by atoms with van der Waals surface area (Å²) in [6.07, 6.45) is -22.7. The number of Topliss-reactive ketones (excluding diaryl/α,β-unsaturated/α-hetero) is 2. The maximum atomic E-state index is 15.0. The highest BCUT2D eigenvalue weighted by Crippen LogP contribution is 2.47. The second-order valence-electron chi connectivity index (χ2n) is 21.5. The quantitative estimate of drug-likeness (QED) is 0.0309. The number of aliphatic hydroxyl groups excluding tert-OH is 7. The van der Waals surface area contributed by atoms with Crippen LogP contribution in [0.2, 0.25) is 0 Å². The molecule has 468 valence electrons. The number of phenolic OH excluding ortho intramolecular Hbond substituents is 2. The first-order valence-electron chi connectivity index (χ1n) is 27.7. The first kappa shape index (κ1) is 69.2. The van der Waals surface area contributed by atoms with Crippen molar-refractivity contribution >= 4 is 28.3 Å². The number of rotatable bonds is 33. The number of carbonyl (C=O) groups is 3. The van der Waals surface area contributed by atoms with Crippen LogP contribution in [-0.4, -0.2) is 225 Å². The normalized spacial score (nSPS) is 25.6. The van der Waals surface area contributed by atoms with E-state index in [0.29, 0.717) is 0 Å². The zero-order valence-corrected chi connectivity index (χ0v) is 49.2. The minimum absolute atomic E-state index is 0.0957. The Kier molecular flexibility index (Phi) is 25.6. The van der Waals surface area contributed by atoms with Crippen LogP contribution in [0.4, 0.5) is 0 Å². The third kappa shape index (κ3) is 17.5. The van der Waals surface area contributed by atoms with Crippen molar-refractivity contribution in [2.75, 3.05) is 33.5 Å². The molecule has 0 radical (unpaired) electrons. The summed E-state index contributed by atoms with van der Waals surface area (Å²) in [6.45, 7) is 16.5. The fourth-order valence-electron chi connectivity index (χ4n) is 9.66. The van der Waals surface area contributed by atoms with Crippen molar-refractivity contribution < 1.29 is 122 Å². The van der Waals surface area contributed by atoms with Crippen molar-refractivity contribution in [2.45, 2.75) is 212 Å². The first-order chi connectivity index (χ1) is 38.9. The van der Waals surface area contributed by atoms with E-state index in [1.807, 2.05) is 0 Å². The van der Waals surface area contributed by atoms with E-state index in [4.69, 9.17) is 56.8 Å². The number of aromatic hydroxyl groups is 2. The lowest BCUT2D eigenvalue weighted by Gasteiger charge is -2.38. The molecule has 1 aliphatic heterocycles. The number of ether oxygens (including phenoxy) is 12. The molecule has 1 aliphatic carbocycles. The average molecular weight is 1180 g/mol. The number of carbonyl (C=O) groups excluding carboxylic acids is 3. The molecule has 25 nitrogen and oxygen atoms in total. The number of fused-ring (bicyclic) bond motifs is 2. The highest BCUT2D eigenvalue weighted by molar-refractivity contribution is 6.11. The molecule has 0 amide bonds. The Balaban J connectivity index is 1.33. The molecule has 25 heteroatoms. The van der Waals surface area contributed by atoms with Crippen LogP contribution in [0.3, 0.4) is 0 Å². The van der Waals surface area contributed by atoms with E-state index in [1.54, 1.807) is 59.7 Å². The van der Waals surface area contributed by atoms with Crippen molar-refractivity contribution in [2.24, 2.45) is 5.92 Å². The van der Waals surface area contributed by atoms with Crippen molar-refractivity contribution in [1.29, 1.82) is 0 Å². The van der Waals surface area contributed by atoms with Crippen LogP contribution in [-0.2, 0) is 63.3 Å². The van der Waals surface area contributed by atoms with Gasteiger partial charge in [-0.1, -0.05) is 18.2 Å². The second-order valence-corrected chi connectivity index (χ2v) is 21.5. The van der Waals surface area contributed by atoms with Crippen LogP contribution in [0.25, 0.3) is 10.8 Å². The monoisotopic (exact) mass is 1180 g/mol. The van der Waals surface area contributed by atoms with E-state index < -0.39 is 164 Å². The van der Waals surface area contributed by atoms with Gasteiger partial charge in [-0.2, -0.15) is 0 Å². The molecule has 0 aromatic heterocycles. The van der Waals surface area contributed by atoms with E-state index in [-0.39, 0.29) is 65.0 Å². The summed E-state index contributed by atoms with van der Waals surface area (Å²) in [7, 11) is 1.18. The summed E-state index contributed by atoms with van der Waals surface area (Å²) in [6, 6.07) is 10.9. The molecule has 3 aromatic rings. The summed E-state index contributed by atoms with van der Waals surface area (Å²) in [5.41, 5.74) is -1.51. The molecule has 1 fully saturated rings. The van der Waals surface area contributed by atoms with Crippen LogP contribution in [0, 0.1) is 12.8 Å². The minimum atomic E-state index is -1.98. The number of benzene rings is 3. The third-order valence-electron chi connectivity index (χ3n) is 14.9. The number of hydrogen-bond acceptors (Lipinski definition) is 25. The first-order valence-corrected chi connectivity index (χ1v) is 27.7. The lowest BCUT2D eigenvalue weighted by Crippen LogP contribution is -2.53. The molecular weight excluding hydrogens is 1100 g/mol. The lowest BCUT2D eigenvalue weighted by molar-refractivity contribution is -0.235. The van der Waals surface area contributed by atoms with Gasteiger partial charge in [0.05, 0.1) is 73.5 Å². The van der Waals surface area contributed by atoms with Gasteiger partial charge in [-0.25, -0.2) is 4.79 Å². The van der Waals surface area contributed by atoms with Crippen molar-refractivity contribution in [3.63, 3.8) is 0 Å². The Hall–Kier alpha value is -4.59. The predicted molar refractivity (Wildman–Crippen MR) is 292 cm³/mol. The van der Waals surface area contributed by atoms with Gasteiger partial charge >= 0.3 is 5.97 Å². The van der Waals surface area contributed by atoms with Gasteiger partial charge in [-0.15, -0.1) is 0 Å². The predicted octanol–water partition coefficient (Wildman–Crippen LogP) is 2.22. The molecule has 1 heterocycles. The lowest BCUT2D eigenvalue weighted by atomic mass is 9.75. The number of phenols is 2. The van der Waals surface area contributed by atoms with Crippen molar-refractivity contribution in [3.8, 4) is 17.2 Å². The number of hydrogen-bond donors (Lipinski definition) is 10. The number of methoxy groups -OCH3 is 1. The summed E-state index contributed by atoms with van der Waals surface area (Å²) in [5.74, 6) is -4.93. The SMILES string of the molecule is CO[C@H](C(=O)[C@@H](O)[C@@H](C)OC(=O)c1ccccc1)[C@@H]1Cc2cc3cc(OC(C)OC(C)[C@@H](O)COC(C)OC(C)[C@@H](O)CO)c(C)c(O)c3c(O)c2C(=O)[C@H]1OC(C)OC(C)[C@@H](O)COC(C)OC(C)[C@H](O)COC1OC(C)[C@@H](O)C1(C)O. The van der Waals surface area contributed by atoms with E-state index in [0.717, 1.165) is 0 Å². The molecule has 83 heavy (non-hydrogen) atoms. The van der Waals surface area contributed by atoms with Gasteiger partial charge < -0.3 is 108 Å². The van der Waals surface area contributed by atoms with Crippen LogP contribution in [0.5, 0.6) is 17.2 Å². The molecule has 11 unspecified atom stereocenters. The summed E-state index contributed by atoms with van der Waals surface area (Å²) in [4.78, 5) is 42.3. The molecule has 3 aromatic carbocycles. The summed E-state index contributed by atoms with van der Waals surface area (Å²) < 4.78 is 69.1. The van der Waals surface area contributed by atoms with Gasteiger partial charge in [-0.05, 0) is 125 Å². The topological polar surface area (TPSA) is 364 Å². The van der Waals surface area contributed by atoms with Gasteiger partial charge in [0, 0.05) is 18.6 Å². The molecule has 0 saturated carbocycles. The van der Waals surface area contributed by atoms with Crippen molar-refractivity contribution in [3.05, 3.63) is 64.7 Å². The zero-order chi connectivity index (χ0) is 61.9. The molecule has 1 saturated heterocycles. The Bertz CT molecular complexity index is 2570. The largest absolute Gasteiger partial charge is 0.507 e. The molecule has 5 rings (SSSR count). The summed E-state index contributed by atoms with van der Waals surface area (Å²) >= 11 is 0. The number of ketones is 2. The molecule has 10 N–H and O–H groups in total. The zero-order valence-electron chi connectivity index (χ0n) is 49.2. The Morgan fingerprint density at radius 1 is 0.735 bits per heavy atom. The smallest absolute Gasteiger partial charge is 0.338 e. The Labute approximate surface area is 482 Å². The van der Waals surface area contributed by atoms with Gasteiger partial charge in [0.2, 0.25) is 0 Å². The Morgan fingerprint density at radius 2 is 1.27 bits per heavy atom. The van der Waals surface area contributed by atoms with Crippen LogP contribution < -0.4 is 4.74 Å². The van der Waals surface area contributed by atoms with E-state index >= 15 is 0 Å². The fourth-order valence-corrected chi connectivity index (χ4v) is 9.66. The average Bonchev–Trinajstić information content (AvgIpc) is 3.84. The molecule has 0 spiro atoms. The third-order valence-corrected chi connectivity index (χ3v) is 14.9. The molecule has 2 aliphatic rings. The van der Waals surface area contributed by atoms with E-state index in [9.17, 15) is 65.4 Å². The standard InChI is InChI=1S/C58H86O25/c1-26-45(82-35(10)78-29(4)42(61)23-73-33(8)76-27(2)41(60)22-59)21-39-19-38-20-40(53(72-13)52(68)49(65)31(6)80-56(70)37-17-15-14-16-18-37)54(51(67)47(38)50(66)46(39)48(26)64)83-36(11)79-30(5)43(62)24-74-34(9)77-28(3)44(63)25-75-57-58(12,71)55(69)32(7)81-57/h14-19,21,27-36,40-44,49,53-55,57,59-66,69,71H,20,22-25H2,1-13H3/t27?,28?,29?,30?,31-,32?,33?,34?,35?,36?,40+,41+,42+,43+,44-,49+,53+,54+,55-,57?,58?/m1/s1. The maximum absolute atomic E-state index is 15.0. The highest BCUT2D eigenvalue weighted by atomic mass is 16.7. The van der Waals surface area contributed by atoms with Gasteiger partial charge in [-0.3, -0.25) is 9.59 Å². The van der Waals surface area contributed by atoms with Crippen LogP contribution in [0.1, 0.15) is 108 Å². The molecular formula is C58H86O25. The van der Waals surface area contributed by atoms with Crippen LogP contribution in [0.15, 0.2) is 42.5 Å². The van der Waals surface area contributed by atoms with Crippen LogP contribution >= 0.6 is 0 Å². The van der Waals surface area contributed by atoms with Gasteiger partial charge in [0.1, 0.15) is 71.7 Å². The van der Waals surface area contributed by atoms with Gasteiger partial charge in [0.25, 0.3) is 0 Å². The highest BCUT2D eigenvalue weighted by Gasteiger charge is 2.52. The number of aliphatic hydroxyl groups is 8. The molecule has 0 bridgehead atoms. The maximum Gasteiger partial charge on any atom is 0.338 e. The molecule has 21 atom stereocenters. The fraction of sp³-hybridized carbons (Fsp3) is 0.672. The van der Waals surface area contributed by atoms with E-state index in [1.165, 1.54) is 72.9 Å². The minimum Gasteiger partial charge on any atom is -0.507 e.